The maximum absolute atomic E-state index is 2.41. The number of benzene rings is 2. The first-order chi connectivity index (χ1) is 11.7. The number of fused-ring (bicyclic) bond motifs is 3. The van der Waals surface area contributed by atoms with Gasteiger partial charge in [-0.3, -0.25) is 0 Å². The first-order valence-corrected chi connectivity index (χ1v) is 9.04. The lowest BCUT2D eigenvalue weighted by Crippen LogP contribution is -2.33. The van der Waals surface area contributed by atoms with Crippen molar-refractivity contribution in [1.29, 1.82) is 0 Å². The monoisotopic (exact) mass is 335 g/mol. The first-order valence-electron chi connectivity index (χ1n) is 8.22. The van der Waals surface area contributed by atoms with Crippen LogP contribution in [0.5, 0.6) is 0 Å². The van der Waals surface area contributed by atoms with Crippen molar-refractivity contribution >= 4 is 38.4 Å². The third-order valence-corrected chi connectivity index (χ3v) is 5.00. The zero-order valence-corrected chi connectivity index (χ0v) is 15.3. The van der Waals surface area contributed by atoms with Gasteiger partial charge in [-0.1, -0.05) is 53.8 Å². The quantitative estimate of drug-likeness (QED) is 0.470. The second-order valence-corrected chi connectivity index (χ2v) is 6.93. The normalized spacial score (nSPS) is 12.5. The molecule has 0 N–H and O–H groups in total. The summed E-state index contributed by atoms with van der Waals surface area (Å²) < 4.78 is 3.74. The van der Waals surface area contributed by atoms with Crippen LogP contribution in [0.1, 0.15) is 11.9 Å². The molecule has 24 heavy (non-hydrogen) atoms. The number of nitrogens with zero attached hydrogens (tertiary/aromatic N) is 2. The molecule has 0 saturated heterocycles. The van der Waals surface area contributed by atoms with Gasteiger partial charge >= 0.3 is 0 Å². The minimum Gasteiger partial charge on any atom is -0.383 e. The van der Waals surface area contributed by atoms with Gasteiger partial charge in [0.15, 0.2) is 0 Å². The summed E-state index contributed by atoms with van der Waals surface area (Å²) in [4.78, 5) is 2.02. The first kappa shape index (κ1) is 16.5. The van der Waals surface area contributed by atoms with E-state index in [1.807, 2.05) is 42.6 Å². The Labute approximate surface area is 147 Å². The molecule has 0 aliphatic rings. The van der Waals surface area contributed by atoms with Gasteiger partial charge in [-0.25, -0.2) is 0 Å². The molecule has 2 aromatic carbocycles. The molecule has 1 heterocycles. The largest absolute Gasteiger partial charge is 0.383 e. The van der Waals surface area contributed by atoms with E-state index in [1.165, 1.54) is 26.0 Å². The zero-order valence-electron chi connectivity index (χ0n) is 14.4. The number of thiazole rings is 1. The van der Waals surface area contributed by atoms with E-state index in [2.05, 4.69) is 72.2 Å². The lowest BCUT2D eigenvalue weighted by molar-refractivity contribution is -0.664. The molecule has 0 spiro atoms. The number of hydrogen-bond donors (Lipinski definition) is 0. The molecule has 1 aromatic heterocycles. The number of hydrogen-bond acceptors (Lipinski definition) is 2. The van der Waals surface area contributed by atoms with Gasteiger partial charge in [0.25, 0.3) is 5.01 Å². The van der Waals surface area contributed by atoms with Crippen LogP contribution in [0.25, 0.3) is 27.1 Å². The molecule has 0 aliphatic heterocycles. The van der Waals surface area contributed by atoms with Gasteiger partial charge in [-0.15, -0.1) is 0 Å². The smallest absolute Gasteiger partial charge is 0.262 e. The van der Waals surface area contributed by atoms with Crippen LogP contribution >= 0.6 is 11.3 Å². The molecule has 0 aliphatic carbocycles. The summed E-state index contributed by atoms with van der Waals surface area (Å²) in [5.41, 5.74) is 1.34. The highest BCUT2D eigenvalue weighted by molar-refractivity contribution is 7.19. The van der Waals surface area contributed by atoms with Gasteiger partial charge in [0.05, 0.1) is 5.39 Å². The van der Waals surface area contributed by atoms with E-state index in [-0.39, 0.29) is 0 Å². The van der Waals surface area contributed by atoms with E-state index in [1.54, 1.807) is 0 Å². The predicted octanol–water partition coefficient (Wildman–Crippen LogP) is 5.01. The number of aryl methyl sites for hydroxylation is 1. The standard InChI is InChI=1S/C21H23N2S/c1-4-23-20(13-7-5-6-10-16-22(2)3)24-19-15-14-17-11-8-9-12-18(17)21(19)23/h5-16H,4H2,1-3H3/q+1. The van der Waals surface area contributed by atoms with Crippen molar-refractivity contribution in [2.24, 2.45) is 0 Å². The Kier molecular flexibility index (Phi) is 5.11. The van der Waals surface area contributed by atoms with Crippen LogP contribution in [0.4, 0.5) is 0 Å². The highest BCUT2D eigenvalue weighted by atomic mass is 32.1. The van der Waals surface area contributed by atoms with Gasteiger partial charge in [0.1, 0.15) is 11.2 Å². The molecular weight excluding hydrogens is 312 g/mol. The van der Waals surface area contributed by atoms with Gasteiger partial charge in [0, 0.05) is 20.2 Å². The van der Waals surface area contributed by atoms with Crippen LogP contribution in [-0.2, 0) is 6.54 Å². The minimum atomic E-state index is 0.970. The Morgan fingerprint density at radius 2 is 1.79 bits per heavy atom. The van der Waals surface area contributed by atoms with Crippen molar-refractivity contribution < 1.29 is 4.57 Å². The summed E-state index contributed by atoms with van der Waals surface area (Å²) in [5, 5.41) is 3.91. The summed E-state index contributed by atoms with van der Waals surface area (Å²) in [5.74, 6) is 0. The van der Waals surface area contributed by atoms with Crippen molar-refractivity contribution in [3.8, 4) is 0 Å². The molecule has 0 radical (unpaired) electrons. The second kappa shape index (κ2) is 7.45. The molecule has 0 fully saturated rings. The molecule has 122 valence electrons. The van der Waals surface area contributed by atoms with Crippen LogP contribution in [0.3, 0.4) is 0 Å². The Bertz CT molecular complexity index is 930. The van der Waals surface area contributed by atoms with E-state index >= 15 is 0 Å². The minimum absolute atomic E-state index is 0.970. The maximum Gasteiger partial charge on any atom is 0.262 e. The van der Waals surface area contributed by atoms with Crippen molar-refractivity contribution in [2.75, 3.05) is 14.1 Å². The van der Waals surface area contributed by atoms with Crippen molar-refractivity contribution in [1.82, 2.24) is 4.90 Å². The molecule has 3 rings (SSSR count). The van der Waals surface area contributed by atoms with Crippen LogP contribution in [0.2, 0.25) is 0 Å². The molecule has 0 unspecified atom stereocenters. The number of aromatic nitrogens is 1. The summed E-state index contributed by atoms with van der Waals surface area (Å²) >= 11 is 1.85. The fourth-order valence-electron chi connectivity index (χ4n) is 2.80. The summed E-state index contributed by atoms with van der Waals surface area (Å²) in [6.45, 7) is 3.18. The highest BCUT2D eigenvalue weighted by Crippen LogP contribution is 2.28. The van der Waals surface area contributed by atoms with E-state index in [9.17, 15) is 0 Å². The van der Waals surface area contributed by atoms with Crippen molar-refractivity contribution in [2.45, 2.75) is 13.5 Å². The lowest BCUT2D eigenvalue weighted by atomic mass is 10.1. The van der Waals surface area contributed by atoms with Gasteiger partial charge < -0.3 is 4.90 Å². The van der Waals surface area contributed by atoms with Crippen molar-refractivity contribution in [3.63, 3.8) is 0 Å². The fourth-order valence-corrected chi connectivity index (χ4v) is 3.96. The average Bonchev–Trinajstić information content (AvgIpc) is 2.95. The molecular formula is C21H23N2S+. The molecule has 0 saturated carbocycles. The Hall–Kier alpha value is -2.39. The zero-order chi connectivity index (χ0) is 16.9. The van der Waals surface area contributed by atoms with Gasteiger partial charge in [-0.05, 0) is 36.7 Å². The Balaban J connectivity index is 1.98. The van der Waals surface area contributed by atoms with Crippen LogP contribution in [0, 0.1) is 0 Å². The van der Waals surface area contributed by atoms with Crippen LogP contribution in [-0.4, -0.2) is 19.0 Å². The Morgan fingerprint density at radius 3 is 2.58 bits per heavy atom. The molecule has 3 heteroatoms. The van der Waals surface area contributed by atoms with Gasteiger partial charge in [-0.2, -0.15) is 4.57 Å². The topological polar surface area (TPSA) is 7.12 Å². The molecule has 0 atom stereocenters. The van der Waals surface area contributed by atoms with E-state index < -0.39 is 0 Å². The van der Waals surface area contributed by atoms with Crippen molar-refractivity contribution in [3.05, 3.63) is 71.9 Å². The summed E-state index contributed by atoms with van der Waals surface area (Å²) in [6, 6.07) is 13.1. The van der Waals surface area contributed by atoms with E-state index in [0.717, 1.165) is 6.54 Å². The third kappa shape index (κ3) is 3.41. The predicted molar refractivity (Wildman–Crippen MR) is 106 cm³/mol. The third-order valence-electron chi connectivity index (χ3n) is 3.89. The summed E-state index contributed by atoms with van der Waals surface area (Å²) in [6.07, 6.45) is 12.5. The Morgan fingerprint density at radius 1 is 1.00 bits per heavy atom. The van der Waals surface area contributed by atoms with Crippen LogP contribution < -0.4 is 4.57 Å². The lowest BCUT2D eigenvalue weighted by Gasteiger charge is -2.00. The molecule has 0 amide bonds. The molecule has 2 nitrogen and oxygen atoms in total. The highest BCUT2D eigenvalue weighted by Gasteiger charge is 2.19. The summed E-state index contributed by atoms with van der Waals surface area (Å²) in [7, 11) is 4.04. The molecule has 3 aromatic rings. The van der Waals surface area contributed by atoms with Gasteiger partial charge in [0.2, 0.25) is 5.52 Å². The SMILES string of the molecule is CC[n+]1c(/C=C/C=C/C=C/N(C)C)sc2ccc3ccccc3c21. The van der Waals surface area contributed by atoms with E-state index in [0.29, 0.717) is 0 Å². The van der Waals surface area contributed by atoms with Crippen LogP contribution in [0.15, 0.2) is 66.9 Å². The fraction of sp³-hybridized carbons (Fsp3) is 0.190. The maximum atomic E-state index is 2.41. The molecule has 0 bridgehead atoms. The average molecular weight is 335 g/mol. The second-order valence-electron chi connectivity index (χ2n) is 5.87. The number of allylic oxidation sites excluding steroid dienone is 4. The van der Waals surface area contributed by atoms with E-state index in [4.69, 9.17) is 0 Å². The number of rotatable bonds is 5.